The maximum Gasteiger partial charge on any atom is 0.0674 e. The second kappa shape index (κ2) is 5.34. The van der Waals surface area contributed by atoms with Crippen LogP contribution in [0, 0.1) is 13.8 Å². The summed E-state index contributed by atoms with van der Waals surface area (Å²) in [5.74, 6) is 0. The quantitative estimate of drug-likeness (QED) is 0.884. The van der Waals surface area contributed by atoms with Crippen LogP contribution >= 0.6 is 27.3 Å². The first kappa shape index (κ1) is 12.8. The van der Waals surface area contributed by atoms with Crippen LogP contribution in [0.15, 0.2) is 34.1 Å². The van der Waals surface area contributed by atoms with Gasteiger partial charge in [0, 0.05) is 9.35 Å². The zero-order chi connectivity index (χ0) is 12.4. The van der Waals surface area contributed by atoms with Gasteiger partial charge in [-0.3, -0.25) is 0 Å². The Bertz CT molecular complexity index is 519. The van der Waals surface area contributed by atoms with Crippen LogP contribution in [0.1, 0.15) is 27.6 Å². The van der Waals surface area contributed by atoms with Gasteiger partial charge in [0.05, 0.1) is 6.04 Å². The number of benzene rings is 1. The summed E-state index contributed by atoms with van der Waals surface area (Å²) >= 11 is 5.37. The van der Waals surface area contributed by atoms with E-state index in [0.29, 0.717) is 0 Å². The first-order valence-electron chi connectivity index (χ1n) is 5.60. The smallest absolute Gasteiger partial charge is 0.0674 e. The van der Waals surface area contributed by atoms with Crippen LogP contribution in [0.5, 0.6) is 0 Å². The number of rotatable bonds is 3. The molecule has 3 heteroatoms. The summed E-state index contributed by atoms with van der Waals surface area (Å²) in [6.45, 7) is 4.33. The van der Waals surface area contributed by atoms with Crippen molar-refractivity contribution in [1.29, 1.82) is 0 Å². The third-order valence-corrected chi connectivity index (χ3v) is 4.58. The van der Waals surface area contributed by atoms with E-state index in [-0.39, 0.29) is 6.04 Å². The molecule has 0 aliphatic carbocycles. The van der Waals surface area contributed by atoms with Gasteiger partial charge in [-0.2, -0.15) is 0 Å². The number of thiophene rings is 1. The molecule has 2 rings (SSSR count). The van der Waals surface area contributed by atoms with Crippen molar-refractivity contribution in [3.63, 3.8) is 0 Å². The minimum absolute atomic E-state index is 0.285. The fraction of sp³-hybridized carbons (Fsp3) is 0.286. The summed E-state index contributed by atoms with van der Waals surface area (Å²) in [6.07, 6.45) is 0. The highest BCUT2D eigenvalue weighted by Crippen LogP contribution is 2.32. The molecular formula is C14H16BrNS. The molecule has 2 aromatic rings. The molecule has 1 unspecified atom stereocenters. The fourth-order valence-corrected chi connectivity index (χ4v) is 3.46. The SMILES string of the molecule is CNC(c1cc(Br)ccc1C)c1sccc1C. The van der Waals surface area contributed by atoms with Gasteiger partial charge in [0.15, 0.2) is 0 Å². The highest BCUT2D eigenvalue weighted by Gasteiger charge is 2.17. The number of nitrogens with one attached hydrogen (secondary N) is 1. The molecule has 0 spiro atoms. The zero-order valence-corrected chi connectivity index (χ0v) is 12.7. The number of aryl methyl sites for hydroxylation is 2. The lowest BCUT2D eigenvalue weighted by Gasteiger charge is -2.19. The summed E-state index contributed by atoms with van der Waals surface area (Å²) in [6, 6.07) is 8.92. The molecule has 1 atom stereocenters. The van der Waals surface area contributed by atoms with E-state index in [1.807, 2.05) is 18.4 Å². The summed E-state index contributed by atoms with van der Waals surface area (Å²) in [7, 11) is 2.02. The first-order chi connectivity index (χ1) is 8.13. The van der Waals surface area contributed by atoms with E-state index in [1.165, 1.54) is 21.6 Å². The normalized spacial score (nSPS) is 12.7. The Balaban J connectivity index is 2.49. The van der Waals surface area contributed by atoms with Gasteiger partial charge in [-0.25, -0.2) is 0 Å². The summed E-state index contributed by atoms with van der Waals surface area (Å²) in [4.78, 5) is 1.40. The van der Waals surface area contributed by atoms with Gasteiger partial charge < -0.3 is 5.32 Å². The van der Waals surface area contributed by atoms with Crippen molar-refractivity contribution in [2.45, 2.75) is 19.9 Å². The Morgan fingerprint density at radius 1 is 1.18 bits per heavy atom. The lowest BCUT2D eigenvalue weighted by Crippen LogP contribution is -2.18. The Morgan fingerprint density at radius 3 is 2.53 bits per heavy atom. The van der Waals surface area contributed by atoms with Gasteiger partial charge in [-0.05, 0) is 61.2 Å². The van der Waals surface area contributed by atoms with E-state index in [4.69, 9.17) is 0 Å². The van der Waals surface area contributed by atoms with Gasteiger partial charge in [0.2, 0.25) is 0 Å². The maximum atomic E-state index is 3.55. The van der Waals surface area contributed by atoms with Gasteiger partial charge in [0.1, 0.15) is 0 Å². The molecular weight excluding hydrogens is 294 g/mol. The van der Waals surface area contributed by atoms with Crippen molar-refractivity contribution in [2.24, 2.45) is 0 Å². The molecule has 0 bridgehead atoms. The van der Waals surface area contributed by atoms with Crippen molar-refractivity contribution in [1.82, 2.24) is 5.32 Å². The van der Waals surface area contributed by atoms with Gasteiger partial charge in [-0.1, -0.05) is 22.0 Å². The largest absolute Gasteiger partial charge is 0.309 e. The van der Waals surface area contributed by atoms with Gasteiger partial charge in [0.25, 0.3) is 0 Å². The summed E-state index contributed by atoms with van der Waals surface area (Å²) in [5.41, 5.74) is 4.02. The number of hydrogen-bond donors (Lipinski definition) is 1. The van der Waals surface area contributed by atoms with Crippen LogP contribution in [-0.4, -0.2) is 7.05 Å². The zero-order valence-electron chi connectivity index (χ0n) is 10.3. The Labute approximate surface area is 115 Å². The minimum atomic E-state index is 0.285. The van der Waals surface area contributed by atoms with E-state index in [1.54, 1.807) is 0 Å². The number of halogens is 1. The van der Waals surface area contributed by atoms with E-state index in [0.717, 1.165) is 4.47 Å². The monoisotopic (exact) mass is 309 g/mol. The highest BCUT2D eigenvalue weighted by atomic mass is 79.9. The van der Waals surface area contributed by atoms with E-state index < -0.39 is 0 Å². The molecule has 1 aromatic carbocycles. The molecule has 0 fully saturated rings. The lowest BCUT2D eigenvalue weighted by molar-refractivity contribution is 0.695. The molecule has 1 aromatic heterocycles. The maximum absolute atomic E-state index is 3.55. The second-order valence-corrected chi connectivity index (χ2v) is 6.05. The molecule has 0 aliphatic rings. The van der Waals surface area contributed by atoms with E-state index in [2.05, 4.69) is 64.7 Å². The molecule has 17 heavy (non-hydrogen) atoms. The predicted molar refractivity (Wildman–Crippen MR) is 78.8 cm³/mol. The molecule has 0 radical (unpaired) electrons. The standard InChI is InChI=1S/C14H16BrNS/c1-9-4-5-11(15)8-12(9)13(16-3)14-10(2)6-7-17-14/h4-8,13,16H,1-3H3. The van der Waals surface area contributed by atoms with E-state index in [9.17, 15) is 0 Å². The number of hydrogen-bond acceptors (Lipinski definition) is 2. The lowest BCUT2D eigenvalue weighted by atomic mass is 9.98. The fourth-order valence-electron chi connectivity index (χ4n) is 2.03. The Morgan fingerprint density at radius 2 is 1.94 bits per heavy atom. The van der Waals surface area contributed by atoms with Crippen LogP contribution in [-0.2, 0) is 0 Å². The third kappa shape index (κ3) is 2.62. The van der Waals surface area contributed by atoms with Crippen LogP contribution in [0.25, 0.3) is 0 Å². The van der Waals surface area contributed by atoms with Crippen molar-refractivity contribution in [2.75, 3.05) is 7.05 Å². The average molecular weight is 310 g/mol. The van der Waals surface area contributed by atoms with Crippen molar-refractivity contribution >= 4 is 27.3 Å². The van der Waals surface area contributed by atoms with Crippen LogP contribution < -0.4 is 5.32 Å². The summed E-state index contributed by atoms with van der Waals surface area (Å²) in [5, 5.41) is 5.57. The molecule has 90 valence electrons. The first-order valence-corrected chi connectivity index (χ1v) is 7.28. The van der Waals surface area contributed by atoms with Crippen molar-refractivity contribution < 1.29 is 0 Å². The Kier molecular flexibility index (Phi) is 4.02. The molecule has 0 amide bonds. The van der Waals surface area contributed by atoms with Crippen molar-refractivity contribution in [3.8, 4) is 0 Å². The molecule has 1 nitrogen and oxygen atoms in total. The highest BCUT2D eigenvalue weighted by molar-refractivity contribution is 9.10. The average Bonchev–Trinajstić information content (AvgIpc) is 2.71. The van der Waals surface area contributed by atoms with Crippen LogP contribution in [0.4, 0.5) is 0 Å². The molecule has 0 aliphatic heterocycles. The molecule has 0 saturated carbocycles. The minimum Gasteiger partial charge on any atom is -0.309 e. The summed E-state index contributed by atoms with van der Waals surface area (Å²) < 4.78 is 1.13. The predicted octanol–water partition coefficient (Wildman–Crippen LogP) is 4.44. The molecule has 1 N–H and O–H groups in total. The van der Waals surface area contributed by atoms with Crippen LogP contribution in [0.3, 0.4) is 0 Å². The van der Waals surface area contributed by atoms with Gasteiger partial charge in [-0.15, -0.1) is 11.3 Å². The molecule has 1 heterocycles. The van der Waals surface area contributed by atoms with Crippen molar-refractivity contribution in [3.05, 3.63) is 55.7 Å². The van der Waals surface area contributed by atoms with E-state index >= 15 is 0 Å². The molecule has 0 saturated heterocycles. The van der Waals surface area contributed by atoms with Gasteiger partial charge >= 0.3 is 0 Å². The third-order valence-electron chi connectivity index (χ3n) is 3.00. The second-order valence-electron chi connectivity index (χ2n) is 4.19. The Hall–Kier alpha value is -0.640. The topological polar surface area (TPSA) is 12.0 Å². The van der Waals surface area contributed by atoms with Crippen LogP contribution in [0.2, 0.25) is 0 Å².